The van der Waals surface area contributed by atoms with Gasteiger partial charge in [-0.3, -0.25) is 4.68 Å². The van der Waals surface area contributed by atoms with E-state index in [1.165, 1.54) is 0 Å². The van der Waals surface area contributed by atoms with Crippen LogP contribution < -0.4 is 0 Å². The Bertz CT molecular complexity index is 350. The molecule has 1 heterocycles. The first-order valence-electron chi connectivity index (χ1n) is 3.85. The van der Waals surface area contributed by atoms with Gasteiger partial charge in [0.2, 0.25) is 0 Å². The van der Waals surface area contributed by atoms with Gasteiger partial charge in [0.05, 0.1) is 5.69 Å². The highest BCUT2D eigenvalue weighted by molar-refractivity contribution is 6.30. The number of rotatable bonds is 3. The van der Waals surface area contributed by atoms with Gasteiger partial charge < -0.3 is 0 Å². The van der Waals surface area contributed by atoms with E-state index in [9.17, 15) is 0 Å². The van der Waals surface area contributed by atoms with Crippen molar-refractivity contribution in [2.75, 3.05) is 6.54 Å². The Labute approximate surface area is 80.9 Å². The molecule has 13 heavy (non-hydrogen) atoms. The van der Waals surface area contributed by atoms with Gasteiger partial charge in [0.1, 0.15) is 5.15 Å². The minimum atomic E-state index is 0.419. The topological polar surface area (TPSA) is 66.6 Å². The van der Waals surface area contributed by atoms with E-state index in [1.54, 1.807) is 11.7 Å². The van der Waals surface area contributed by atoms with E-state index in [0.29, 0.717) is 18.1 Å². The van der Waals surface area contributed by atoms with Crippen molar-refractivity contribution in [1.29, 1.82) is 0 Å². The first-order chi connectivity index (χ1) is 6.16. The molecule has 0 amide bonds. The summed E-state index contributed by atoms with van der Waals surface area (Å²) in [5.41, 5.74) is 9.94. The second-order valence-electron chi connectivity index (χ2n) is 2.68. The number of nitrogens with zero attached hydrogens (tertiary/aromatic N) is 5. The zero-order valence-electron chi connectivity index (χ0n) is 7.53. The second-order valence-corrected chi connectivity index (χ2v) is 3.04. The Morgan fingerprint density at radius 3 is 2.85 bits per heavy atom. The molecule has 1 aromatic heterocycles. The minimum Gasteiger partial charge on any atom is -0.257 e. The van der Waals surface area contributed by atoms with Crippen molar-refractivity contribution in [2.45, 2.75) is 13.3 Å². The number of azide groups is 1. The number of aromatic nitrogens is 2. The first-order valence-corrected chi connectivity index (χ1v) is 4.23. The summed E-state index contributed by atoms with van der Waals surface area (Å²) in [6.45, 7) is 2.31. The Kier molecular flexibility index (Phi) is 3.17. The van der Waals surface area contributed by atoms with E-state index in [1.807, 2.05) is 6.92 Å². The lowest BCUT2D eigenvalue weighted by molar-refractivity contribution is 0.757. The molecule has 0 fully saturated rings. The van der Waals surface area contributed by atoms with Crippen molar-refractivity contribution < 1.29 is 0 Å². The molecule has 0 radical (unpaired) electrons. The lowest BCUT2D eigenvalue weighted by Gasteiger charge is -1.95. The third-order valence-electron chi connectivity index (χ3n) is 1.79. The minimum absolute atomic E-state index is 0.419. The summed E-state index contributed by atoms with van der Waals surface area (Å²) in [5.74, 6) is 0. The van der Waals surface area contributed by atoms with E-state index in [0.717, 1.165) is 11.3 Å². The third kappa shape index (κ3) is 2.14. The average molecular weight is 200 g/mol. The van der Waals surface area contributed by atoms with Gasteiger partial charge in [0.25, 0.3) is 0 Å². The van der Waals surface area contributed by atoms with E-state index in [2.05, 4.69) is 15.1 Å². The summed E-state index contributed by atoms with van der Waals surface area (Å²) in [4.78, 5) is 2.67. The average Bonchev–Trinajstić information content (AvgIpc) is 2.32. The molecule has 0 aromatic carbocycles. The van der Waals surface area contributed by atoms with Crippen molar-refractivity contribution in [3.63, 3.8) is 0 Å². The number of aryl methyl sites for hydroxylation is 2. The Morgan fingerprint density at radius 2 is 2.38 bits per heavy atom. The van der Waals surface area contributed by atoms with Gasteiger partial charge in [0, 0.05) is 24.1 Å². The van der Waals surface area contributed by atoms with Crippen molar-refractivity contribution in [1.82, 2.24) is 9.78 Å². The summed E-state index contributed by atoms with van der Waals surface area (Å²) < 4.78 is 1.61. The predicted octanol–water partition coefficient (Wildman–Crippen LogP) is 2.23. The van der Waals surface area contributed by atoms with Gasteiger partial charge in [0.15, 0.2) is 0 Å². The summed E-state index contributed by atoms with van der Waals surface area (Å²) >= 11 is 5.96. The summed E-state index contributed by atoms with van der Waals surface area (Å²) in [6, 6.07) is 0. The lowest BCUT2D eigenvalue weighted by atomic mass is 10.2. The molecule has 0 aliphatic carbocycles. The zero-order valence-corrected chi connectivity index (χ0v) is 8.28. The van der Waals surface area contributed by atoms with Gasteiger partial charge in [-0.15, -0.1) is 0 Å². The van der Waals surface area contributed by atoms with Crippen LogP contribution in [0.1, 0.15) is 11.3 Å². The SMILES string of the molecule is Cc1nn(C)c(Cl)c1CCN=[N+]=[N-]. The molecule has 0 bridgehead atoms. The fourth-order valence-electron chi connectivity index (χ4n) is 1.16. The van der Waals surface area contributed by atoms with Crippen molar-refractivity contribution in [2.24, 2.45) is 12.2 Å². The van der Waals surface area contributed by atoms with Crippen LogP contribution >= 0.6 is 11.6 Å². The molecule has 6 heteroatoms. The standard InChI is InChI=1S/C7H10ClN5/c1-5-6(3-4-10-12-9)7(8)13(2)11-5/h3-4H2,1-2H3. The molecule has 5 nitrogen and oxygen atoms in total. The quantitative estimate of drug-likeness (QED) is 0.418. The Morgan fingerprint density at radius 1 is 1.69 bits per heavy atom. The number of hydrogen-bond acceptors (Lipinski definition) is 2. The zero-order chi connectivity index (χ0) is 9.84. The van der Waals surface area contributed by atoms with Crippen LogP contribution in [0, 0.1) is 6.92 Å². The van der Waals surface area contributed by atoms with Crippen LogP contribution in [0.5, 0.6) is 0 Å². The van der Waals surface area contributed by atoms with E-state index in [-0.39, 0.29) is 0 Å². The molecule has 1 rings (SSSR count). The molecule has 70 valence electrons. The monoisotopic (exact) mass is 199 g/mol. The smallest absolute Gasteiger partial charge is 0.130 e. The molecule has 0 saturated heterocycles. The van der Waals surface area contributed by atoms with Crippen LogP contribution in [0.3, 0.4) is 0 Å². The summed E-state index contributed by atoms with van der Waals surface area (Å²) in [6.07, 6.45) is 0.641. The van der Waals surface area contributed by atoms with Crippen LogP contribution in [0.25, 0.3) is 10.4 Å². The van der Waals surface area contributed by atoms with Gasteiger partial charge in [-0.2, -0.15) is 5.10 Å². The summed E-state index contributed by atoms with van der Waals surface area (Å²) in [7, 11) is 1.78. The summed E-state index contributed by atoms with van der Waals surface area (Å²) in [5, 5.41) is 8.20. The van der Waals surface area contributed by atoms with E-state index >= 15 is 0 Å². The molecule has 0 N–H and O–H groups in total. The van der Waals surface area contributed by atoms with Gasteiger partial charge in [-0.25, -0.2) is 0 Å². The van der Waals surface area contributed by atoms with Gasteiger partial charge >= 0.3 is 0 Å². The maximum atomic E-state index is 8.09. The predicted molar refractivity (Wildman–Crippen MR) is 50.7 cm³/mol. The number of halogens is 1. The van der Waals surface area contributed by atoms with Crippen LogP contribution in [-0.2, 0) is 13.5 Å². The fourth-order valence-corrected chi connectivity index (χ4v) is 1.43. The molecular weight excluding hydrogens is 190 g/mol. The number of hydrogen-bond donors (Lipinski definition) is 0. The van der Waals surface area contributed by atoms with Crippen LogP contribution in [-0.4, -0.2) is 16.3 Å². The van der Waals surface area contributed by atoms with Crippen molar-refractivity contribution in [3.05, 3.63) is 26.9 Å². The van der Waals surface area contributed by atoms with Gasteiger partial charge in [-0.1, -0.05) is 16.7 Å². The van der Waals surface area contributed by atoms with E-state index in [4.69, 9.17) is 17.1 Å². The van der Waals surface area contributed by atoms with Gasteiger partial charge in [-0.05, 0) is 18.9 Å². The molecule has 1 aromatic rings. The fraction of sp³-hybridized carbons (Fsp3) is 0.571. The normalized spacial score (nSPS) is 9.77. The lowest BCUT2D eigenvalue weighted by Crippen LogP contribution is -1.91. The molecule has 0 aliphatic heterocycles. The molecule has 0 spiro atoms. The van der Waals surface area contributed by atoms with E-state index < -0.39 is 0 Å². The van der Waals surface area contributed by atoms with Crippen molar-refractivity contribution >= 4 is 11.6 Å². The molecule has 0 saturated carbocycles. The van der Waals surface area contributed by atoms with Crippen LogP contribution in [0.2, 0.25) is 5.15 Å². The first kappa shape index (κ1) is 9.89. The molecule has 0 unspecified atom stereocenters. The Balaban J connectivity index is 2.81. The highest BCUT2D eigenvalue weighted by Gasteiger charge is 2.09. The third-order valence-corrected chi connectivity index (χ3v) is 2.27. The Hall–Kier alpha value is -1.19. The van der Waals surface area contributed by atoms with Crippen molar-refractivity contribution in [3.8, 4) is 0 Å². The molecular formula is C7H10ClN5. The molecule has 0 atom stereocenters. The highest BCUT2D eigenvalue weighted by Crippen LogP contribution is 2.18. The van der Waals surface area contributed by atoms with Crippen LogP contribution in [0.4, 0.5) is 0 Å². The molecule has 0 aliphatic rings. The van der Waals surface area contributed by atoms with Crippen LogP contribution in [0.15, 0.2) is 5.11 Å². The maximum absolute atomic E-state index is 8.09. The second kappa shape index (κ2) is 4.16. The maximum Gasteiger partial charge on any atom is 0.130 e. The highest BCUT2D eigenvalue weighted by atomic mass is 35.5. The largest absolute Gasteiger partial charge is 0.257 e.